The number of fused-ring (bicyclic) bond motifs is 4. The Kier molecular flexibility index (Phi) is 3.38. The summed E-state index contributed by atoms with van der Waals surface area (Å²) in [5, 5.41) is 11.2. The molecule has 4 aromatic rings. The van der Waals surface area contributed by atoms with Crippen molar-refractivity contribution in [3.8, 4) is 16.9 Å². The van der Waals surface area contributed by atoms with Gasteiger partial charge < -0.3 is 10.1 Å². The van der Waals surface area contributed by atoms with E-state index in [0.29, 0.717) is 28.3 Å². The smallest absolute Gasteiger partial charge is 0.210 e. The lowest BCUT2D eigenvalue weighted by molar-refractivity contribution is 0.318. The molecule has 0 spiro atoms. The largest absolute Gasteiger partial charge is 0.489 e. The van der Waals surface area contributed by atoms with E-state index >= 15 is 0 Å². The molecular formula is C21H15F2N5O. The lowest BCUT2D eigenvalue weighted by Gasteiger charge is -2.14. The quantitative estimate of drug-likeness (QED) is 0.571. The minimum Gasteiger partial charge on any atom is -0.489 e. The minimum atomic E-state index is -0.360. The summed E-state index contributed by atoms with van der Waals surface area (Å²) >= 11 is 0. The number of rotatable bonds is 4. The molecule has 1 aliphatic carbocycles. The lowest BCUT2D eigenvalue weighted by Crippen LogP contribution is -2.10. The first kappa shape index (κ1) is 16.4. The van der Waals surface area contributed by atoms with Gasteiger partial charge in [-0.1, -0.05) is 18.2 Å². The van der Waals surface area contributed by atoms with Gasteiger partial charge in [0.1, 0.15) is 29.8 Å². The van der Waals surface area contributed by atoms with E-state index in [1.54, 1.807) is 34.9 Å². The van der Waals surface area contributed by atoms with Crippen LogP contribution in [0.4, 0.5) is 14.7 Å². The molecule has 1 fully saturated rings. The molecule has 6 nitrogen and oxygen atoms in total. The fraction of sp³-hybridized carbons (Fsp3) is 0.190. The van der Waals surface area contributed by atoms with Gasteiger partial charge in [-0.05, 0) is 24.6 Å². The van der Waals surface area contributed by atoms with E-state index in [9.17, 15) is 8.78 Å². The third kappa shape index (κ3) is 2.48. The number of ether oxygens (including phenoxy) is 1. The number of nitrogens with one attached hydrogen (secondary N) is 1. The molecule has 6 rings (SSSR count). The molecule has 1 aliphatic heterocycles. The highest BCUT2D eigenvalue weighted by molar-refractivity contribution is 5.77. The monoisotopic (exact) mass is 391 g/mol. The lowest BCUT2D eigenvalue weighted by atomic mass is 10.0. The average molecular weight is 391 g/mol. The van der Waals surface area contributed by atoms with Gasteiger partial charge >= 0.3 is 0 Å². The summed E-state index contributed by atoms with van der Waals surface area (Å²) in [5.74, 6) is 0.870. The molecule has 0 amide bonds. The molecule has 0 bridgehead atoms. The third-order valence-electron chi connectivity index (χ3n) is 5.56. The van der Waals surface area contributed by atoms with Crippen LogP contribution in [0.3, 0.4) is 0 Å². The normalized spacial score (nSPS) is 19.0. The Morgan fingerprint density at radius 1 is 1.10 bits per heavy atom. The molecule has 1 saturated carbocycles. The topological polar surface area (TPSA) is 64.3 Å². The van der Waals surface area contributed by atoms with Gasteiger partial charge in [-0.2, -0.15) is 0 Å². The van der Waals surface area contributed by atoms with Crippen molar-refractivity contribution in [2.24, 2.45) is 0 Å². The highest BCUT2D eigenvalue weighted by Gasteiger charge is 2.49. The molecule has 2 aromatic carbocycles. The van der Waals surface area contributed by atoms with Crippen molar-refractivity contribution in [1.29, 1.82) is 0 Å². The maximum Gasteiger partial charge on any atom is 0.210 e. The predicted octanol–water partition coefficient (Wildman–Crippen LogP) is 3.93. The molecule has 2 unspecified atom stereocenters. The van der Waals surface area contributed by atoms with Crippen molar-refractivity contribution in [1.82, 2.24) is 19.6 Å². The fourth-order valence-corrected chi connectivity index (χ4v) is 4.06. The van der Waals surface area contributed by atoms with E-state index in [1.165, 1.54) is 18.5 Å². The Morgan fingerprint density at radius 3 is 2.90 bits per heavy atom. The van der Waals surface area contributed by atoms with Crippen LogP contribution in [0.2, 0.25) is 0 Å². The van der Waals surface area contributed by atoms with Crippen LogP contribution in [-0.4, -0.2) is 25.7 Å². The van der Waals surface area contributed by atoms with Crippen LogP contribution in [0.1, 0.15) is 23.5 Å². The summed E-state index contributed by atoms with van der Waals surface area (Å²) in [6.07, 6.45) is 4.18. The van der Waals surface area contributed by atoms with Crippen molar-refractivity contribution in [3.63, 3.8) is 0 Å². The number of aromatic nitrogens is 4. The van der Waals surface area contributed by atoms with Gasteiger partial charge in [0.2, 0.25) is 5.95 Å². The Morgan fingerprint density at radius 2 is 2.00 bits per heavy atom. The van der Waals surface area contributed by atoms with Crippen LogP contribution in [0, 0.1) is 11.6 Å². The second-order valence-electron chi connectivity index (χ2n) is 7.29. The third-order valence-corrected chi connectivity index (χ3v) is 5.56. The van der Waals surface area contributed by atoms with E-state index < -0.39 is 0 Å². The molecule has 144 valence electrons. The molecule has 8 heteroatoms. The first-order chi connectivity index (χ1) is 14.2. The number of halogens is 2. The highest BCUT2D eigenvalue weighted by atomic mass is 19.1. The van der Waals surface area contributed by atoms with Crippen LogP contribution in [0.15, 0.2) is 48.9 Å². The van der Waals surface area contributed by atoms with Crippen molar-refractivity contribution >= 4 is 11.6 Å². The maximum atomic E-state index is 14.5. The molecule has 3 heterocycles. The van der Waals surface area contributed by atoms with Gasteiger partial charge in [0.15, 0.2) is 5.65 Å². The van der Waals surface area contributed by atoms with Gasteiger partial charge in [0.25, 0.3) is 0 Å². The standard InChI is InChI=1S/C21H15F2N5O/c22-15-4-2-1-3-11(15)13-8-24-21(28-10-26-27-20(13)28)25-9-14-16(23)5-6-17-19(14)12-7-18(12)29-17/h1-6,8,10,12,18H,7,9H2,(H,24,25). The van der Waals surface area contributed by atoms with Crippen molar-refractivity contribution in [3.05, 3.63) is 71.7 Å². The van der Waals surface area contributed by atoms with Crippen LogP contribution in [-0.2, 0) is 6.54 Å². The maximum absolute atomic E-state index is 14.5. The van der Waals surface area contributed by atoms with Gasteiger partial charge in [0.05, 0.1) is 0 Å². The first-order valence-corrected chi connectivity index (χ1v) is 9.36. The molecule has 29 heavy (non-hydrogen) atoms. The average Bonchev–Trinajstić information content (AvgIpc) is 3.14. The number of benzene rings is 2. The number of nitrogens with zero attached hydrogens (tertiary/aromatic N) is 4. The molecule has 0 saturated heterocycles. The Balaban J connectivity index is 1.37. The van der Waals surface area contributed by atoms with Crippen LogP contribution >= 0.6 is 0 Å². The van der Waals surface area contributed by atoms with Crippen LogP contribution in [0.25, 0.3) is 16.8 Å². The van der Waals surface area contributed by atoms with E-state index in [2.05, 4.69) is 20.5 Å². The van der Waals surface area contributed by atoms with Crippen LogP contribution < -0.4 is 10.1 Å². The zero-order valence-electron chi connectivity index (χ0n) is 15.1. The second kappa shape index (κ2) is 5.97. The zero-order valence-corrected chi connectivity index (χ0v) is 15.1. The van der Waals surface area contributed by atoms with Crippen molar-refractivity contribution in [2.45, 2.75) is 25.0 Å². The molecule has 2 aliphatic rings. The van der Waals surface area contributed by atoms with Gasteiger partial charge in [-0.15, -0.1) is 10.2 Å². The summed E-state index contributed by atoms with van der Waals surface area (Å²) in [7, 11) is 0. The van der Waals surface area contributed by atoms with Gasteiger partial charge in [-0.3, -0.25) is 4.40 Å². The summed E-state index contributed by atoms with van der Waals surface area (Å²) < 4.78 is 36.2. The summed E-state index contributed by atoms with van der Waals surface area (Å²) in [6.45, 7) is 0.251. The summed E-state index contributed by atoms with van der Waals surface area (Å²) in [5.41, 5.74) is 2.94. The Hall–Kier alpha value is -3.55. The highest BCUT2D eigenvalue weighted by Crippen LogP contribution is 2.55. The van der Waals surface area contributed by atoms with Crippen LogP contribution in [0.5, 0.6) is 5.75 Å². The second-order valence-corrected chi connectivity index (χ2v) is 7.29. The number of hydrogen-bond acceptors (Lipinski definition) is 5. The van der Waals surface area contributed by atoms with E-state index in [0.717, 1.165) is 17.7 Å². The number of hydrogen-bond donors (Lipinski definition) is 1. The fourth-order valence-electron chi connectivity index (χ4n) is 4.06. The molecule has 0 radical (unpaired) electrons. The van der Waals surface area contributed by atoms with Gasteiger partial charge in [-0.25, -0.2) is 13.8 Å². The molecular weight excluding hydrogens is 376 g/mol. The van der Waals surface area contributed by atoms with E-state index in [-0.39, 0.29) is 30.2 Å². The molecule has 2 aromatic heterocycles. The zero-order chi connectivity index (χ0) is 19.5. The summed E-state index contributed by atoms with van der Waals surface area (Å²) in [6, 6.07) is 9.57. The molecule has 1 N–H and O–H groups in total. The first-order valence-electron chi connectivity index (χ1n) is 9.36. The van der Waals surface area contributed by atoms with E-state index in [4.69, 9.17) is 4.74 Å². The van der Waals surface area contributed by atoms with Gasteiger partial charge in [0, 0.05) is 40.9 Å². The SMILES string of the molecule is Fc1ccccc1-c1cnc(NCc2c(F)ccc3c2C2CC2O3)n2cnnc12. The minimum absolute atomic E-state index is 0.188. The predicted molar refractivity (Wildman–Crippen MR) is 102 cm³/mol. The Labute approximate surface area is 164 Å². The summed E-state index contributed by atoms with van der Waals surface area (Å²) in [4.78, 5) is 4.42. The molecule has 2 atom stereocenters. The van der Waals surface area contributed by atoms with Crippen molar-refractivity contribution in [2.75, 3.05) is 5.32 Å². The Bertz CT molecular complexity index is 1270. The van der Waals surface area contributed by atoms with E-state index in [1.807, 2.05) is 0 Å². The van der Waals surface area contributed by atoms with Crippen molar-refractivity contribution < 1.29 is 13.5 Å². The number of anilines is 1.